The zero-order valence-electron chi connectivity index (χ0n) is 16.1. The van der Waals surface area contributed by atoms with E-state index in [1.807, 2.05) is 18.3 Å². The lowest BCUT2D eigenvalue weighted by molar-refractivity contribution is 0.600. The van der Waals surface area contributed by atoms with E-state index in [4.69, 9.17) is 4.98 Å². The van der Waals surface area contributed by atoms with Gasteiger partial charge >= 0.3 is 0 Å². The summed E-state index contributed by atoms with van der Waals surface area (Å²) in [6.45, 7) is 4.71. The van der Waals surface area contributed by atoms with Crippen LogP contribution in [0.2, 0.25) is 0 Å². The first-order chi connectivity index (χ1) is 13.1. The van der Waals surface area contributed by atoms with Gasteiger partial charge in [0.2, 0.25) is 0 Å². The van der Waals surface area contributed by atoms with Gasteiger partial charge in [-0.2, -0.15) is 0 Å². The highest BCUT2D eigenvalue weighted by atomic mass is 35.5. The maximum Gasteiger partial charge on any atom is 0.128 e. The number of nitrogens with zero attached hydrogens (tertiary/aromatic N) is 2. The summed E-state index contributed by atoms with van der Waals surface area (Å²) in [6.07, 6.45) is 3.93. The molecule has 2 heterocycles. The van der Waals surface area contributed by atoms with E-state index in [0.29, 0.717) is 12.1 Å². The van der Waals surface area contributed by atoms with Crippen molar-refractivity contribution in [3.05, 3.63) is 83.4 Å². The van der Waals surface area contributed by atoms with Gasteiger partial charge in [0.15, 0.2) is 0 Å². The molecule has 0 atom stereocenters. The first-order valence-corrected chi connectivity index (χ1v) is 10.1. The number of aromatic nitrogens is 2. The van der Waals surface area contributed by atoms with E-state index in [1.54, 1.807) is 17.8 Å². The Balaban J connectivity index is 0.00000225. The molecular formula is C23H22ClFN2S. The molecule has 0 aliphatic rings. The van der Waals surface area contributed by atoms with E-state index in [9.17, 15) is 4.39 Å². The lowest BCUT2D eigenvalue weighted by Crippen LogP contribution is -2.05. The number of hydrogen-bond donors (Lipinski definition) is 0. The Hall–Kier alpha value is -2.30. The highest BCUT2D eigenvalue weighted by Crippen LogP contribution is 2.33. The van der Waals surface area contributed by atoms with Gasteiger partial charge in [-0.15, -0.1) is 24.2 Å². The summed E-state index contributed by atoms with van der Waals surface area (Å²) in [5.74, 6) is -0.175. The van der Waals surface area contributed by atoms with Gasteiger partial charge < -0.3 is 4.57 Å². The summed E-state index contributed by atoms with van der Waals surface area (Å²) >= 11 is 1.72. The molecule has 2 aromatic carbocycles. The van der Waals surface area contributed by atoms with Gasteiger partial charge in [0.1, 0.15) is 5.82 Å². The third-order valence-electron chi connectivity index (χ3n) is 5.20. The summed E-state index contributed by atoms with van der Waals surface area (Å²) in [5, 5.41) is 1.17. The smallest absolute Gasteiger partial charge is 0.128 e. The highest BCUT2D eigenvalue weighted by molar-refractivity contribution is 7.98. The number of benzene rings is 2. The monoisotopic (exact) mass is 412 g/mol. The summed E-state index contributed by atoms with van der Waals surface area (Å²) in [5.41, 5.74) is 6.12. The van der Waals surface area contributed by atoms with Crippen molar-refractivity contribution in [1.82, 2.24) is 9.55 Å². The van der Waals surface area contributed by atoms with Crippen LogP contribution in [0.1, 0.15) is 16.8 Å². The second-order valence-corrected chi connectivity index (χ2v) is 7.55. The van der Waals surface area contributed by atoms with Gasteiger partial charge in [0.25, 0.3) is 0 Å². The first kappa shape index (κ1) is 20.4. The van der Waals surface area contributed by atoms with Gasteiger partial charge in [-0.05, 0) is 49.9 Å². The van der Waals surface area contributed by atoms with E-state index >= 15 is 0 Å². The Kier molecular flexibility index (Phi) is 6.11. The maximum atomic E-state index is 14.3. The number of thioether (sulfide) groups is 1. The van der Waals surface area contributed by atoms with Crippen LogP contribution in [0.5, 0.6) is 0 Å². The van der Waals surface area contributed by atoms with Gasteiger partial charge in [-0.1, -0.05) is 30.3 Å². The van der Waals surface area contributed by atoms with Crippen molar-refractivity contribution in [3.63, 3.8) is 0 Å². The van der Waals surface area contributed by atoms with Crippen molar-refractivity contribution in [2.75, 3.05) is 6.26 Å². The lowest BCUT2D eigenvalue weighted by Gasteiger charge is -2.12. The number of halogens is 2. The van der Waals surface area contributed by atoms with Crippen LogP contribution in [0.4, 0.5) is 4.39 Å². The summed E-state index contributed by atoms with van der Waals surface area (Å²) in [6, 6.07) is 17.5. The van der Waals surface area contributed by atoms with Crippen LogP contribution in [-0.2, 0) is 6.54 Å². The molecule has 0 unspecified atom stereocenters. The minimum Gasteiger partial charge on any atom is -0.338 e. The number of hydrogen-bond acceptors (Lipinski definition) is 2. The topological polar surface area (TPSA) is 17.8 Å². The third kappa shape index (κ3) is 3.54. The molecule has 0 aliphatic carbocycles. The molecule has 0 amide bonds. The second-order valence-electron chi connectivity index (χ2n) is 6.67. The Morgan fingerprint density at radius 1 is 1.00 bits per heavy atom. The van der Waals surface area contributed by atoms with Crippen LogP contribution in [-0.4, -0.2) is 15.8 Å². The molecule has 144 valence electrons. The molecule has 0 N–H and O–H groups in total. The molecule has 2 aromatic heterocycles. The number of pyridine rings is 1. The first-order valence-electron chi connectivity index (χ1n) is 8.92. The Labute approximate surface area is 175 Å². The van der Waals surface area contributed by atoms with E-state index < -0.39 is 0 Å². The Morgan fingerprint density at radius 2 is 1.71 bits per heavy atom. The fraction of sp³-hybridized carbons (Fsp3) is 0.174. The van der Waals surface area contributed by atoms with Crippen LogP contribution >= 0.6 is 24.2 Å². The van der Waals surface area contributed by atoms with Crippen molar-refractivity contribution < 1.29 is 4.39 Å². The van der Waals surface area contributed by atoms with E-state index in [0.717, 1.165) is 22.5 Å². The van der Waals surface area contributed by atoms with E-state index in [1.165, 1.54) is 21.9 Å². The fourth-order valence-corrected chi connectivity index (χ4v) is 3.96. The molecule has 0 aliphatic heterocycles. The number of rotatable bonds is 4. The van der Waals surface area contributed by atoms with Gasteiger partial charge in [-0.25, -0.2) is 4.39 Å². The van der Waals surface area contributed by atoms with Crippen molar-refractivity contribution >= 4 is 35.1 Å². The van der Waals surface area contributed by atoms with Gasteiger partial charge in [0.05, 0.1) is 17.8 Å². The normalized spacial score (nSPS) is 10.9. The zero-order chi connectivity index (χ0) is 19.0. The third-order valence-corrected chi connectivity index (χ3v) is 5.94. The quantitative estimate of drug-likeness (QED) is 0.349. The molecule has 0 fully saturated rings. The predicted molar refractivity (Wildman–Crippen MR) is 119 cm³/mol. The minimum absolute atomic E-state index is 0. The van der Waals surface area contributed by atoms with E-state index in [2.05, 4.69) is 55.0 Å². The standard InChI is InChI=1S/C23H21FN2S.ClH/c1-15-16(2)26(14-18-6-4-5-7-21(18)24)23-20(15)12-13-25-22(23)17-8-10-19(27-3)11-9-17;/h4-13H,14H2,1-3H3;1H. The second kappa shape index (κ2) is 8.38. The largest absolute Gasteiger partial charge is 0.338 e. The zero-order valence-corrected chi connectivity index (χ0v) is 17.7. The van der Waals surface area contributed by atoms with Gasteiger partial charge in [0, 0.05) is 33.3 Å². The summed E-state index contributed by atoms with van der Waals surface area (Å²) < 4.78 is 16.5. The van der Waals surface area contributed by atoms with Crippen LogP contribution in [0.15, 0.2) is 65.7 Å². The SMILES string of the molecule is CSc1ccc(-c2nccc3c(C)c(C)n(Cc4ccccc4F)c23)cc1.Cl. The molecule has 0 saturated carbocycles. The average Bonchev–Trinajstić information content (AvgIpc) is 2.95. The molecule has 0 bridgehead atoms. The average molecular weight is 413 g/mol. The van der Waals surface area contributed by atoms with Crippen molar-refractivity contribution in [3.8, 4) is 11.3 Å². The van der Waals surface area contributed by atoms with Crippen molar-refractivity contribution in [1.29, 1.82) is 0 Å². The molecule has 0 spiro atoms. The molecule has 5 heteroatoms. The molecule has 4 aromatic rings. The lowest BCUT2D eigenvalue weighted by atomic mass is 10.1. The molecule has 28 heavy (non-hydrogen) atoms. The predicted octanol–water partition coefficient (Wildman–Crippen LogP) is 6.65. The van der Waals surface area contributed by atoms with Crippen LogP contribution in [0, 0.1) is 19.7 Å². The molecule has 0 saturated heterocycles. The number of fused-ring (bicyclic) bond motifs is 1. The van der Waals surface area contributed by atoms with Crippen molar-refractivity contribution in [2.24, 2.45) is 0 Å². The Morgan fingerprint density at radius 3 is 2.39 bits per heavy atom. The highest BCUT2D eigenvalue weighted by Gasteiger charge is 2.17. The summed E-state index contributed by atoms with van der Waals surface area (Å²) in [4.78, 5) is 5.91. The number of aryl methyl sites for hydroxylation is 1. The maximum absolute atomic E-state index is 14.3. The fourth-order valence-electron chi connectivity index (χ4n) is 3.55. The molecule has 2 nitrogen and oxygen atoms in total. The van der Waals surface area contributed by atoms with Crippen LogP contribution in [0.3, 0.4) is 0 Å². The Bertz CT molecular complexity index is 1120. The van der Waals surface area contributed by atoms with Crippen LogP contribution < -0.4 is 0 Å². The van der Waals surface area contributed by atoms with Gasteiger partial charge in [-0.3, -0.25) is 4.98 Å². The summed E-state index contributed by atoms with van der Waals surface area (Å²) in [7, 11) is 0. The molecular weight excluding hydrogens is 391 g/mol. The molecule has 0 radical (unpaired) electrons. The molecule has 4 rings (SSSR count). The van der Waals surface area contributed by atoms with E-state index in [-0.39, 0.29) is 18.2 Å². The van der Waals surface area contributed by atoms with Crippen LogP contribution in [0.25, 0.3) is 22.2 Å². The van der Waals surface area contributed by atoms with Crippen molar-refractivity contribution in [2.45, 2.75) is 25.3 Å². The minimum atomic E-state index is -0.175.